The minimum atomic E-state index is -0.718. The predicted octanol–water partition coefficient (Wildman–Crippen LogP) is 6.29. The van der Waals surface area contributed by atoms with E-state index in [2.05, 4.69) is 39.6 Å². The van der Waals surface area contributed by atoms with E-state index in [1.807, 2.05) is 0 Å². The van der Waals surface area contributed by atoms with E-state index in [-0.39, 0.29) is 29.7 Å². The number of unbranched alkanes of at least 4 members (excludes halogenated alkanes) is 3. The quantitative estimate of drug-likeness (QED) is 0.171. The molecule has 12 heteroatoms. The topological polar surface area (TPSA) is 107 Å². The van der Waals surface area contributed by atoms with Crippen LogP contribution in [0.2, 0.25) is 0 Å². The normalized spacial score (nSPS) is 12.3. The van der Waals surface area contributed by atoms with E-state index in [1.165, 1.54) is 30.6 Å². The molecule has 0 saturated carbocycles. The Morgan fingerprint density at radius 2 is 1.70 bits per heavy atom. The smallest absolute Gasteiger partial charge is 0.319 e. The number of ether oxygens (including phenoxy) is 4. The van der Waals surface area contributed by atoms with E-state index in [4.69, 9.17) is 18.9 Å². The molecule has 10 nitrogen and oxygen atoms in total. The first-order valence-electron chi connectivity index (χ1n) is 14.5. The summed E-state index contributed by atoms with van der Waals surface area (Å²) in [6.07, 6.45) is 5.55. The number of halogens is 2. The molecule has 2 amide bonds. The summed E-state index contributed by atoms with van der Waals surface area (Å²) in [6, 6.07) is 11.0. The first-order chi connectivity index (χ1) is 21.4. The minimum absolute atomic E-state index is 0.0841. The summed E-state index contributed by atoms with van der Waals surface area (Å²) in [6.45, 7) is 2.42. The molecule has 0 spiro atoms. The number of carbonyl (C=O) groups excluding carboxylic acids is 1. The molecule has 2 heterocycles. The highest BCUT2D eigenvalue weighted by molar-refractivity contribution is 5.94. The van der Waals surface area contributed by atoms with E-state index < -0.39 is 11.8 Å². The van der Waals surface area contributed by atoms with Crippen LogP contribution in [0.15, 0.2) is 54.9 Å². The first-order valence-corrected chi connectivity index (χ1v) is 14.5. The molecule has 232 valence electrons. The Kier molecular flexibility index (Phi) is 10.2. The van der Waals surface area contributed by atoms with Crippen molar-refractivity contribution in [3.8, 4) is 28.9 Å². The molecule has 3 aromatic carbocycles. The molecule has 5 rings (SSSR count). The third kappa shape index (κ3) is 8.01. The van der Waals surface area contributed by atoms with E-state index in [1.54, 1.807) is 18.2 Å². The van der Waals surface area contributed by atoms with Crippen molar-refractivity contribution in [2.75, 3.05) is 45.8 Å². The largest absolute Gasteiger partial charge is 0.489 e. The van der Waals surface area contributed by atoms with Crippen LogP contribution in [-0.2, 0) is 6.54 Å². The van der Waals surface area contributed by atoms with Crippen LogP contribution in [0.3, 0.4) is 0 Å². The molecule has 0 atom stereocenters. The number of carbonyl (C=O) groups is 1. The summed E-state index contributed by atoms with van der Waals surface area (Å²) in [5.41, 5.74) is 1.43. The Balaban J connectivity index is 1.25. The molecule has 0 radical (unpaired) electrons. The lowest BCUT2D eigenvalue weighted by Gasteiger charge is -2.23. The third-order valence-electron chi connectivity index (χ3n) is 6.86. The molecule has 4 aromatic rings. The van der Waals surface area contributed by atoms with E-state index in [0.29, 0.717) is 48.0 Å². The molecule has 1 aromatic heterocycles. The maximum atomic E-state index is 15.1. The van der Waals surface area contributed by atoms with Gasteiger partial charge in [0, 0.05) is 24.4 Å². The average molecular weight is 608 g/mol. The van der Waals surface area contributed by atoms with Crippen LogP contribution in [0.4, 0.5) is 19.3 Å². The molecule has 0 saturated heterocycles. The molecule has 0 unspecified atom stereocenters. The highest BCUT2D eigenvalue weighted by Crippen LogP contribution is 2.48. The zero-order valence-corrected chi connectivity index (χ0v) is 24.7. The Morgan fingerprint density at radius 1 is 0.932 bits per heavy atom. The van der Waals surface area contributed by atoms with Crippen molar-refractivity contribution in [3.05, 3.63) is 72.1 Å². The Morgan fingerprint density at radius 3 is 2.48 bits per heavy atom. The van der Waals surface area contributed by atoms with Gasteiger partial charge in [0.2, 0.25) is 11.6 Å². The summed E-state index contributed by atoms with van der Waals surface area (Å²) in [4.78, 5) is 23.1. The lowest BCUT2D eigenvalue weighted by molar-refractivity contribution is 0.163. The van der Waals surface area contributed by atoms with Crippen LogP contribution in [0.5, 0.6) is 28.9 Å². The zero-order chi connectivity index (χ0) is 30.9. The molecule has 1 aliphatic rings. The second-order valence-electron chi connectivity index (χ2n) is 10.6. The Labute approximate surface area is 254 Å². The molecule has 0 aliphatic carbocycles. The van der Waals surface area contributed by atoms with Gasteiger partial charge in [-0.15, -0.1) is 0 Å². The van der Waals surface area contributed by atoms with Crippen molar-refractivity contribution in [1.82, 2.24) is 20.2 Å². The number of benzene rings is 3. The van der Waals surface area contributed by atoms with Gasteiger partial charge in [0.15, 0.2) is 23.1 Å². The summed E-state index contributed by atoms with van der Waals surface area (Å²) >= 11 is 0. The van der Waals surface area contributed by atoms with Crippen LogP contribution < -0.4 is 29.6 Å². The molecular formula is C32H35F2N5O5. The molecule has 0 bridgehead atoms. The van der Waals surface area contributed by atoms with Gasteiger partial charge in [0.1, 0.15) is 30.7 Å². The molecule has 44 heavy (non-hydrogen) atoms. The van der Waals surface area contributed by atoms with Gasteiger partial charge in [0.05, 0.1) is 12.1 Å². The molecule has 0 fully saturated rings. The number of urea groups is 1. The third-order valence-corrected chi connectivity index (χ3v) is 6.86. The van der Waals surface area contributed by atoms with Crippen molar-refractivity contribution >= 4 is 22.6 Å². The number of nitrogens with zero attached hydrogens (tertiary/aromatic N) is 3. The fourth-order valence-corrected chi connectivity index (χ4v) is 4.66. The standard InChI is InChI=1S/C32H35F2N5O5/c1-39(2)13-5-3-4-6-14-41-27-18-25-28(30-29(27)42-15-16-43-30)31(37-20-36-25)44-26-12-11-23(17-24(26)34)38-32(40)35-19-21-7-9-22(33)10-8-21/h7-12,17-18,20H,3-6,13-16,19H2,1-2H3,(H2,35,38,40). The highest BCUT2D eigenvalue weighted by atomic mass is 19.1. The number of rotatable bonds is 13. The summed E-state index contributed by atoms with van der Waals surface area (Å²) in [5, 5.41) is 5.64. The predicted molar refractivity (Wildman–Crippen MR) is 162 cm³/mol. The van der Waals surface area contributed by atoms with Crippen molar-refractivity contribution in [3.63, 3.8) is 0 Å². The van der Waals surface area contributed by atoms with E-state index in [9.17, 15) is 9.18 Å². The number of hydrogen-bond acceptors (Lipinski definition) is 8. The monoisotopic (exact) mass is 607 g/mol. The lowest BCUT2D eigenvalue weighted by Crippen LogP contribution is -2.28. The van der Waals surface area contributed by atoms with Crippen molar-refractivity contribution in [2.24, 2.45) is 0 Å². The second kappa shape index (κ2) is 14.6. The fraction of sp³-hybridized carbons (Fsp3) is 0.344. The number of fused-ring (bicyclic) bond motifs is 3. The number of hydrogen-bond donors (Lipinski definition) is 2. The highest BCUT2D eigenvalue weighted by Gasteiger charge is 2.26. The summed E-state index contributed by atoms with van der Waals surface area (Å²) < 4.78 is 52.0. The van der Waals surface area contributed by atoms with Gasteiger partial charge in [-0.05, 0) is 63.3 Å². The number of anilines is 1. The van der Waals surface area contributed by atoms with Crippen LogP contribution in [-0.4, -0.2) is 61.4 Å². The maximum absolute atomic E-state index is 15.1. The number of aromatic nitrogens is 2. The van der Waals surface area contributed by atoms with Gasteiger partial charge in [0.25, 0.3) is 0 Å². The van der Waals surface area contributed by atoms with Gasteiger partial charge in [-0.3, -0.25) is 0 Å². The van der Waals surface area contributed by atoms with Crippen LogP contribution in [0.25, 0.3) is 10.9 Å². The van der Waals surface area contributed by atoms with Crippen molar-refractivity contribution < 1.29 is 32.5 Å². The van der Waals surface area contributed by atoms with Crippen LogP contribution in [0.1, 0.15) is 31.2 Å². The lowest BCUT2D eigenvalue weighted by atomic mass is 10.1. The van der Waals surface area contributed by atoms with Crippen LogP contribution in [0, 0.1) is 11.6 Å². The van der Waals surface area contributed by atoms with Gasteiger partial charge < -0.3 is 34.5 Å². The van der Waals surface area contributed by atoms with Gasteiger partial charge in [-0.1, -0.05) is 25.0 Å². The fourth-order valence-electron chi connectivity index (χ4n) is 4.66. The van der Waals surface area contributed by atoms with Crippen molar-refractivity contribution in [2.45, 2.75) is 32.2 Å². The van der Waals surface area contributed by atoms with Crippen molar-refractivity contribution in [1.29, 1.82) is 0 Å². The Hall–Kier alpha value is -4.71. The Bertz CT molecular complexity index is 1590. The SMILES string of the molecule is CN(C)CCCCCCOc1cc2ncnc(Oc3ccc(NC(=O)NCc4ccc(F)cc4)cc3F)c2c2c1OCCO2. The molecule has 2 N–H and O–H groups in total. The maximum Gasteiger partial charge on any atom is 0.319 e. The van der Waals surface area contributed by atoms with E-state index >= 15 is 4.39 Å². The molecular weight excluding hydrogens is 572 g/mol. The first kappa shape index (κ1) is 30.7. The zero-order valence-electron chi connectivity index (χ0n) is 24.7. The molecule has 1 aliphatic heterocycles. The summed E-state index contributed by atoms with van der Waals surface area (Å²) in [5.74, 6) is 0.222. The number of amides is 2. The van der Waals surface area contributed by atoms with E-state index in [0.717, 1.165) is 43.9 Å². The van der Waals surface area contributed by atoms with Gasteiger partial charge >= 0.3 is 6.03 Å². The summed E-state index contributed by atoms with van der Waals surface area (Å²) in [7, 11) is 4.14. The number of nitrogens with one attached hydrogen (secondary N) is 2. The van der Waals surface area contributed by atoms with Gasteiger partial charge in [-0.25, -0.2) is 23.5 Å². The van der Waals surface area contributed by atoms with Crippen LogP contribution >= 0.6 is 0 Å². The second-order valence-corrected chi connectivity index (χ2v) is 10.6. The van der Waals surface area contributed by atoms with Gasteiger partial charge in [-0.2, -0.15) is 0 Å². The minimum Gasteiger partial charge on any atom is -0.489 e. The average Bonchev–Trinajstić information content (AvgIpc) is 3.01.